The number of amides is 2. The normalized spacial score (nSPS) is 10.8. The van der Waals surface area contributed by atoms with Crippen molar-refractivity contribution in [2.24, 2.45) is 0 Å². The molecule has 0 unspecified atom stereocenters. The number of anilines is 1. The number of rotatable bonds is 4. The topological polar surface area (TPSA) is 88.9 Å². The van der Waals surface area contributed by atoms with Gasteiger partial charge >= 0.3 is 0 Å². The molecule has 0 radical (unpaired) electrons. The summed E-state index contributed by atoms with van der Waals surface area (Å²) in [7, 11) is 0. The molecule has 7 nitrogen and oxygen atoms in total. The number of carbonyl (C=O) groups excluding carboxylic acids is 2. The molecule has 0 atom stereocenters. The lowest BCUT2D eigenvalue weighted by molar-refractivity contribution is 0.100. The Morgan fingerprint density at radius 2 is 1.79 bits per heavy atom. The second-order valence-corrected chi connectivity index (χ2v) is 7.60. The average molecular weight is 432 g/mol. The highest BCUT2D eigenvalue weighted by molar-refractivity contribution is 7.21. The van der Waals surface area contributed by atoms with Gasteiger partial charge in [-0.25, -0.2) is 4.68 Å². The summed E-state index contributed by atoms with van der Waals surface area (Å²) in [6, 6.07) is 11.8. The van der Waals surface area contributed by atoms with E-state index in [1.807, 2.05) is 0 Å². The molecule has 2 amide bonds. The predicted octanol–water partition coefficient (Wildman–Crippen LogP) is 4.44. The number of hydrogen-bond donors (Lipinski definition) is 2. The third-order valence-corrected chi connectivity index (χ3v) is 5.72. The molecule has 2 N–H and O–H groups in total. The van der Waals surface area contributed by atoms with E-state index in [0.717, 1.165) is 10.1 Å². The van der Waals surface area contributed by atoms with Crippen molar-refractivity contribution in [3.05, 3.63) is 75.6 Å². The van der Waals surface area contributed by atoms with Crippen LogP contribution in [0.25, 0.3) is 10.1 Å². The van der Waals surface area contributed by atoms with Gasteiger partial charge in [0.1, 0.15) is 17.5 Å². The molecule has 2 aromatic heterocycles. The van der Waals surface area contributed by atoms with E-state index in [2.05, 4.69) is 20.9 Å². The molecule has 0 bridgehead atoms. The Hall–Kier alpha value is -2.94. The number of fused-ring (bicyclic) bond motifs is 1. The lowest BCUT2D eigenvalue weighted by Crippen LogP contribution is -2.21. The van der Waals surface area contributed by atoms with Crippen molar-refractivity contribution in [3.8, 4) is 0 Å². The molecule has 0 saturated carbocycles. The molecule has 0 spiro atoms. The van der Waals surface area contributed by atoms with Gasteiger partial charge in [-0.2, -0.15) is 0 Å². The summed E-state index contributed by atoms with van der Waals surface area (Å²) in [4.78, 5) is 25.4. The first kappa shape index (κ1) is 18.4. The van der Waals surface area contributed by atoms with Crippen LogP contribution >= 0.6 is 34.5 Å². The standard InChI is InChI=1S/C18H11Cl2N5O2S/c19-11-4-5-13-14(7-11)28-16(15(13)20)18(27)23-12-3-1-2-10(6-12)17(26)24-25-8-21-22-9-25/h1-9H,(H,23,27)(H,24,26). The minimum atomic E-state index is -0.370. The van der Waals surface area contributed by atoms with E-state index in [-0.39, 0.29) is 11.8 Å². The average Bonchev–Trinajstić information content (AvgIpc) is 3.29. The van der Waals surface area contributed by atoms with Crippen LogP contribution in [0.15, 0.2) is 55.1 Å². The Morgan fingerprint density at radius 3 is 2.57 bits per heavy atom. The van der Waals surface area contributed by atoms with E-state index < -0.39 is 0 Å². The summed E-state index contributed by atoms with van der Waals surface area (Å²) in [5, 5.41) is 11.7. The fourth-order valence-electron chi connectivity index (χ4n) is 2.55. The van der Waals surface area contributed by atoms with Gasteiger partial charge in [0.05, 0.1) is 5.02 Å². The van der Waals surface area contributed by atoms with E-state index in [1.54, 1.807) is 42.5 Å². The number of hydrogen-bond acceptors (Lipinski definition) is 5. The molecule has 0 aliphatic heterocycles. The van der Waals surface area contributed by atoms with Gasteiger partial charge < -0.3 is 5.32 Å². The molecule has 4 aromatic rings. The Kier molecular flexibility index (Phi) is 4.99. The van der Waals surface area contributed by atoms with Gasteiger partial charge in [-0.15, -0.1) is 21.5 Å². The molecule has 10 heteroatoms. The second kappa shape index (κ2) is 7.59. The number of nitrogens with zero attached hydrogens (tertiary/aromatic N) is 3. The summed E-state index contributed by atoms with van der Waals surface area (Å²) in [5.41, 5.74) is 3.42. The molecule has 2 heterocycles. The summed E-state index contributed by atoms with van der Waals surface area (Å²) in [6.45, 7) is 0. The lowest BCUT2D eigenvalue weighted by Gasteiger charge is -2.08. The third kappa shape index (κ3) is 3.70. The first-order chi connectivity index (χ1) is 13.5. The summed E-state index contributed by atoms with van der Waals surface area (Å²) >= 11 is 13.6. The monoisotopic (exact) mass is 431 g/mol. The Bertz CT molecular complexity index is 1190. The van der Waals surface area contributed by atoms with Crippen molar-refractivity contribution in [2.45, 2.75) is 0 Å². The van der Waals surface area contributed by atoms with Crippen LogP contribution in [0.3, 0.4) is 0 Å². The third-order valence-electron chi connectivity index (χ3n) is 3.83. The van der Waals surface area contributed by atoms with Crippen molar-refractivity contribution >= 4 is 62.1 Å². The largest absolute Gasteiger partial charge is 0.321 e. The zero-order valence-electron chi connectivity index (χ0n) is 14.0. The van der Waals surface area contributed by atoms with Crippen LogP contribution < -0.4 is 10.7 Å². The van der Waals surface area contributed by atoms with E-state index >= 15 is 0 Å². The molecule has 0 saturated heterocycles. The zero-order chi connectivity index (χ0) is 19.7. The number of halogens is 2. The fraction of sp³-hybridized carbons (Fsp3) is 0. The van der Waals surface area contributed by atoms with Gasteiger partial charge in [-0.1, -0.05) is 35.3 Å². The predicted molar refractivity (Wildman–Crippen MR) is 110 cm³/mol. The molecule has 0 aliphatic carbocycles. The van der Waals surface area contributed by atoms with Crippen LogP contribution in [-0.2, 0) is 0 Å². The SMILES string of the molecule is O=C(Nn1cnnc1)c1cccc(NC(=O)c2sc3cc(Cl)ccc3c2Cl)c1. The molecular weight excluding hydrogens is 421 g/mol. The van der Waals surface area contributed by atoms with Crippen LogP contribution in [0, 0.1) is 0 Å². The van der Waals surface area contributed by atoms with Gasteiger partial charge in [0, 0.05) is 26.4 Å². The van der Waals surface area contributed by atoms with Crippen LogP contribution in [0.1, 0.15) is 20.0 Å². The minimum absolute atomic E-state index is 0.362. The van der Waals surface area contributed by atoms with Crippen molar-refractivity contribution in [2.75, 3.05) is 10.7 Å². The first-order valence-corrected chi connectivity index (χ1v) is 9.53. The Morgan fingerprint density at radius 1 is 1.00 bits per heavy atom. The van der Waals surface area contributed by atoms with Crippen molar-refractivity contribution in [1.82, 2.24) is 14.9 Å². The molecule has 140 valence electrons. The highest BCUT2D eigenvalue weighted by atomic mass is 35.5. The highest BCUT2D eigenvalue weighted by Gasteiger charge is 2.18. The minimum Gasteiger partial charge on any atom is -0.321 e. The highest BCUT2D eigenvalue weighted by Crippen LogP contribution is 2.37. The van der Waals surface area contributed by atoms with Gasteiger partial charge in [0.2, 0.25) is 0 Å². The maximum absolute atomic E-state index is 12.7. The lowest BCUT2D eigenvalue weighted by atomic mass is 10.2. The van der Waals surface area contributed by atoms with Crippen LogP contribution in [0.4, 0.5) is 5.69 Å². The van der Waals surface area contributed by atoms with E-state index in [4.69, 9.17) is 23.2 Å². The summed E-state index contributed by atoms with van der Waals surface area (Å²) in [5.74, 6) is -0.732. The van der Waals surface area contributed by atoms with Gasteiger partial charge in [-0.05, 0) is 30.3 Å². The maximum atomic E-state index is 12.7. The van der Waals surface area contributed by atoms with Gasteiger partial charge in [0.25, 0.3) is 11.8 Å². The summed E-state index contributed by atoms with van der Waals surface area (Å²) < 4.78 is 2.15. The van der Waals surface area contributed by atoms with Crippen molar-refractivity contribution in [1.29, 1.82) is 0 Å². The van der Waals surface area contributed by atoms with E-state index in [0.29, 0.717) is 26.2 Å². The molecule has 0 fully saturated rings. The van der Waals surface area contributed by atoms with E-state index in [9.17, 15) is 9.59 Å². The first-order valence-electron chi connectivity index (χ1n) is 7.96. The van der Waals surface area contributed by atoms with Crippen LogP contribution in [-0.4, -0.2) is 26.7 Å². The number of benzene rings is 2. The fourth-order valence-corrected chi connectivity index (χ4v) is 4.24. The quantitative estimate of drug-likeness (QED) is 0.499. The molecule has 28 heavy (non-hydrogen) atoms. The Balaban J connectivity index is 1.55. The number of thiophene rings is 1. The maximum Gasteiger partial charge on any atom is 0.270 e. The van der Waals surface area contributed by atoms with Crippen molar-refractivity contribution < 1.29 is 9.59 Å². The molecule has 2 aromatic carbocycles. The van der Waals surface area contributed by atoms with Gasteiger partial charge in [0.15, 0.2) is 0 Å². The summed E-state index contributed by atoms with van der Waals surface area (Å²) in [6.07, 6.45) is 2.72. The Labute approximate surface area is 172 Å². The van der Waals surface area contributed by atoms with Crippen molar-refractivity contribution in [3.63, 3.8) is 0 Å². The number of carbonyl (C=O) groups is 2. The van der Waals surface area contributed by atoms with Gasteiger partial charge in [-0.3, -0.25) is 15.0 Å². The molecule has 4 rings (SSSR count). The van der Waals surface area contributed by atoms with Crippen LogP contribution in [0.2, 0.25) is 10.0 Å². The van der Waals surface area contributed by atoms with Crippen LogP contribution in [0.5, 0.6) is 0 Å². The number of nitrogens with one attached hydrogen (secondary N) is 2. The molecule has 0 aliphatic rings. The second-order valence-electron chi connectivity index (χ2n) is 5.73. The van der Waals surface area contributed by atoms with E-state index in [1.165, 1.54) is 28.7 Å². The smallest absolute Gasteiger partial charge is 0.270 e. The molecular formula is C18H11Cl2N5O2S. The number of aromatic nitrogens is 3. The zero-order valence-corrected chi connectivity index (χ0v) is 16.3.